The van der Waals surface area contributed by atoms with Gasteiger partial charge < -0.3 is 10.2 Å². The highest BCUT2D eigenvalue weighted by Crippen LogP contribution is 2.29. The van der Waals surface area contributed by atoms with Gasteiger partial charge in [0.1, 0.15) is 0 Å². The number of hydrazine groups is 1. The van der Waals surface area contributed by atoms with Crippen LogP contribution in [0.4, 0.5) is 5.82 Å². The largest absolute Gasteiger partial charge is 0.380 e. The Hall–Kier alpha value is -1.20. The lowest BCUT2D eigenvalue weighted by Gasteiger charge is -2.30. The predicted molar refractivity (Wildman–Crippen MR) is 79.7 cm³/mol. The molecule has 1 aliphatic heterocycles. The number of imidazole rings is 1. The summed E-state index contributed by atoms with van der Waals surface area (Å²) in [5.74, 6) is 5.59. The fourth-order valence-electron chi connectivity index (χ4n) is 2.54. The third-order valence-electron chi connectivity index (χ3n) is 3.61. The minimum absolute atomic E-state index is 0.0753. The van der Waals surface area contributed by atoms with Crippen LogP contribution in [0.5, 0.6) is 0 Å². The molecular weight excluding hydrogens is 314 g/mol. The van der Waals surface area contributed by atoms with Gasteiger partial charge in [-0.25, -0.2) is 14.3 Å². The molecular formula is C11H17N5O3S2. The molecule has 1 atom stereocenters. The van der Waals surface area contributed by atoms with Crippen molar-refractivity contribution >= 4 is 32.1 Å². The van der Waals surface area contributed by atoms with Crippen LogP contribution in [0.25, 0.3) is 4.96 Å². The zero-order valence-corrected chi connectivity index (χ0v) is 13.2. The Morgan fingerprint density at radius 2 is 2.38 bits per heavy atom. The number of nitrogens with two attached hydrogens (primary N) is 1. The number of methoxy groups -OCH3 is 1. The van der Waals surface area contributed by atoms with Crippen molar-refractivity contribution in [3.8, 4) is 0 Å². The summed E-state index contributed by atoms with van der Waals surface area (Å²) in [7, 11) is -2.08. The summed E-state index contributed by atoms with van der Waals surface area (Å²) >= 11 is 1.35. The standard InChI is InChI=1S/C11H17N5O3S2/c1-19-8-3-2-4-15(7-8)21(17,18)10-9(14-12)13-11-16(10)5-6-20-11/h5-6,8,14H,2-4,7,12H2,1H3. The van der Waals surface area contributed by atoms with E-state index in [1.807, 2.05) is 0 Å². The molecule has 1 aliphatic rings. The summed E-state index contributed by atoms with van der Waals surface area (Å²) in [6.07, 6.45) is 3.24. The number of anilines is 1. The van der Waals surface area contributed by atoms with E-state index in [2.05, 4.69) is 10.4 Å². The molecule has 21 heavy (non-hydrogen) atoms. The molecule has 116 valence electrons. The number of nitrogens with one attached hydrogen (secondary N) is 1. The number of ether oxygens (including phenoxy) is 1. The van der Waals surface area contributed by atoms with Gasteiger partial charge in [-0.3, -0.25) is 4.40 Å². The van der Waals surface area contributed by atoms with E-state index in [9.17, 15) is 8.42 Å². The summed E-state index contributed by atoms with van der Waals surface area (Å²) in [5.41, 5.74) is 2.38. The molecule has 2 aromatic rings. The molecule has 10 heteroatoms. The minimum Gasteiger partial charge on any atom is -0.380 e. The summed E-state index contributed by atoms with van der Waals surface area (Å²) < 4.78 is 34.1. The summed E-state index contributed by atoms with van der Waals surface area (Å²) in [6, 6.07) is 0. The first-order valence-electron chi connectivity index (χ1n) is 6.53. The monoisotopic (exact) mass is 331 g/mol. The molecule has 0 radical (unpaired) electrons. The van der Waals surface area contributed by atoms with Crippen LogP contribution in [0, 0.1) is 0 Å². The molecule has 3 heterocycles. The van der Waals surface area contributed by atoms with Gasteiger partial charge in [0.15, 0.2) is 10.8 Å². The van der Waals surface area contributed by atoms with E-state index in [4.69, 9.17) is 10.6 Å². The number of thiazole rings is 1. The van der Waals surface area contributed by atoms with Crippen LogP contribution < -0.4 is 11.3 Å². The van der Waals surface area contributed by atoms with Crippen molar-refractivity contribution in [3.63, 3.8) is 0 Å². The topological polar surface area (TPSA) is 102 Å². The molecule has 0 saturated carbocycles. The zero-order valence-electron chi connectivity index (χ0n) is 11.5. The molecule has 1 fully saturated rings. The van der Waals surface area contributed by atoms with Gasteiger partial charge in [0, 0.05) is 31.8 Å². The number of sulfonamides is 1. The predicted octanol–water partition coefficient (Wildman–Crippen LogP) is 0.481. The average Bonchev–Trinajstić information content (AvgIpc) is 3.06. The first-order chi connectivity index (χ1) is 10.1. The Bertz CT molecular complexity index is 738. The minimum atomic E-state index is -3.68. The molecule has 0 bridgehead atoms. The van der Waals surface area contributed by atoms with Gasteiger partial charge >= 0.3 is 0 Å². The molecule has 0 amide bonds. The van der Waals surface area contributed by atoms with Crippen LogP contribution in [0.15, 0.2) is 16.6 Å². The van der Waals surface area contributed by atoms with E-state index >= 15 is 0 Å². The third kappa shape index (κ3) is 2.42. The number of fused-ring (bicyclic) bond motifs is 1. The van der Waals surface area contributed by atoms with E-state index < -0.39 is 10.0 Å². The van der Waals surface area contributed by atoms with Gasteiger partial charge in [0.2, 0.25) is 5.03 Å². The Labute approximate surface area is 126 Å². The van der Waals surface area contributed by atoms with E-state index in [0.717, 1.165) is 12.8 Å². The van der Waals surface area contributed by atoms with Crippen LogP contribution in [-0.4, -0.2) is 48.4 Å². The lowest BCUT2D eigenvalue weighted by atomic mass is 10.1. The Balaban J connectivity index is 2.05. The molecule has 3 rings (SSSR count). The quantitative estimate of drug-likeness (QED) is 0.624. The van der Waals surface area contributed by atoms with Crippen LogP contribution in [0.2, 0.25) is 0 Å². The lowest BCUT2D eigenvalue weighted by Crippen LogP contribution is -2.43. The number of nitrogens with zero attached hydrogens (tertiary/aromatic N) is 3. The molecule has 3 N–H and O–H groups in total. The van der Waals surface area contributed by atoms with Gasteiger partial charge in [0.25, 0.3) is 10.0 Å². The summed E-state index contributed by atoms with van der Waals surface area (Å²) in [5, 5.41) is 1.87. The summed E-state index contributed by atoms with van der Waals surface area (Å²) in [4.78, 5) is 4.78. The number of aromatic nitrogens is 2. The average molecular weight is 331 g/mol. The normalized spacial score (nSPS) is 21.0. The van der Waals surface area contributed by atoms with Crippen molar-refractivity contribution in [2.24, 2.45) is 5.84 Å². The van der Waals surface area contributed by atoms with E-state index in [1.165, 1.54) is 15.6 Å². The number of hydrogen-bond acceptors (Lipinski definition) is 7. The SMILES string of the molecule is COC1CCCN(S(=O)(=O)c2c(NN)nc3sccn23)C1. The molecule has 1 saturated heterocycles. The van der Waals surface area contributed by atoms with E-state index in [0.29, 0.717) is 18.1 Å². The highest BCUT2D eigenvalue weighted by Gasteiger charge is 2.35. The maximum absolute atomic E-state index is 12.9. The fourth-order valence-corrected chi connectivity index (χ4v) is 5.04. The Kier molecular flexibility index (Phi) is 3.88. The van der Waals surface area contributed by atoms with Crippen molar-refractivity contribution in [3.05, 3.63) is 11.6 Å². The third-order valence-corrected chi connectivity index (χ3v) is 6.26. The molecule has 0 aliphatic carbocycles. The van der Waals surface area contributed by atoms with Crippen molar-refractivity contribution in [1.29, 1.82) is 0 Å². The molecule has 0 spiro atoms. The number of piperidine rings is 1. The van der Waals surface area contributed by atoms with Gasteiger partial charge in [-0.15, -0.1) is 11.3 Å². The van der Waals surface area contributed by atoms with Crippen molar-refractivity contribution in [2.75, 3.05) is 25.6 Å². The Morgan fingerprint density at radius 1 is 1.57 bits per heavy atom. The second-order valence-electron chi connectivity index (χ2n) is 4.83. The van der Waals surface area contributed by atoms with Crippen LogP contribution >= 0.6 is 11.3 Å². The van der Waals surface area contributed by atoms with Crippen LogP contribution in [-0.2, 0) is 14.8 Å². The smallest absolute Gasteiger partial charge is 0.263 e. The van der Waals surface area contributed by atoms with Crippen molar-refractivity contribution in [2.45, 2.75) is 24.0 Å². The number of hydrogen-bond donors (Lipinski definition) is 2. The first kappa shape index (κ1) is 14.7. The maximum atomic E-state index is 12.9. The highest BCUT2D eigenvalue weighted by molar-refractivity contribution is 7.89. The number of rotatable bonds is 4. The zero-order chi connectivity index (χ0) is 15.0. The first-order valence-corrected chi connectivity index (χ1v) is 8.85. The van der Waals surface area contributed by atoms with Gasteiger partial charge in [-0.05, 0) is 12.8 Å². The van der Waals surface area contributed by atoms with Crippen molar-refractivity contribution in [1.82, 2.24) is 13.7 Å². The van der Waals surface area contributed by atoms with Gasteiger partial charge in [0.05, 0.1) is 6.10 Å². The van der Waals surface area contributed by atoms with Crippen molar-refractivity contribution < 1.29 is 13.2 Å². The Morgan fingerprint density at radius 3 is 3.10 bits per heavy atom. The van der Waals surface area contributed by atoms with Crippen LogP contribution in [0.1, 0.15) is 12.8 Å². The number of nitrogen functional groups attached to an aromatic ring is 1. The van der Waals surface area contributed by atoms with Gasteiger partial charge in [-0.1, -0.05) is 0 Å². The fraction of sp³-hybridized carbons (Fsp3) is 0.545. The maximum Gasteiger partial charge on any atom is 0.263 e. The molecule has 8 nitrogen and oxygen atoms in total. The second kappa shape index (κ2) is 5.54. The van der Waals surface area contributed by atoms with E-state index in [-0.39, 0.29) is 16.9 Å². The second-order valence-corrected chi connectivity index (χ2v) is 7.55. The van der Waals surface area contributed by atoms with Gasteiger partial charge in [-0.2, -0.15) is 9.29 Å². The van der Waals surface area contributed by atoms with Crippen LogP contribution in [0.3, 0.4) is 0 Å². The molecule has 0 aromatic carbocycles. The molecule has 1 unspecified atom stereocenters. The highest BCUT2D eigenvalue weighted by atomic mass is 32.2. The summed E-state index contributed by atoms with van der Waals surface area (Å²) in [6.45, 7) is 0.823. The lowest BCUT2D eigenvalue weighted by molar-refractivity contribution is 0.0571. The van der Waals surface area contributed by atoms with E-state index in [1.54, 1.807) is 23.1 Å². The molecule has 2 aromatic heterocycles.